The third kappa shape index (κ3) is 5.96. The van der Waals surface area contributed by atoms with Gasteiger partial charge >= 0.3 is 17.9 Å². The molecule has 0 atom stereocenters. The zero-order valence-corrected chi connectivity index (χ0v) is 23.3. The molecule has 0 fully saturated rings. The molecule has 1 aliphatic rings. The Morgan fingerprint density at radius 2 is 1.18 bits per heavy atom. The van der Waals surface area contributed by atoms with Crippen LogP contribution in [0.3, 0.4) is 0 Å². The Morgan fingerprint density at radius 1 is 0.625 bits per heavy atom. The van der Waals surface area contributed by atoms with Gasteiger partial charge in [0.2, 0.25) is 0 Å². The van der Waals surface area contributed by atoms with E-state index < -0.39 is 17.9 Å². The van der Waals surface area contributed by atoms with E-state index in [0.717, 1.165) is 47.1 Å². The molecule has 0 aliphatic heterocycles. The van der Waals surface area contributed by atoms with E-state index in [1.165, 1.54) is 11.6 Å². The van der Waals surface area contributed by atoms with Crippen LogP contribution in [0.15, 0.2) is 85.0 Å². The van der Waals surface area contributed by atoms with E-state index in [2.05, 4.69) is 25.8 Å². The molecule has 0 saturated heterocycles. The van der Waals surface area contributed by atoms with Crippen LogP contribution >= 0.6 is 0 Å². The fourth-order valence-electron chi connectivity index (χ4n) is 4.61. The van der Waals surface area contributed by atoms with Gasteiger partial charge in [-0.15, -0.1) is 0 Å². The summed E-state index contributed by atoms with van der Waals surface area (Å²) in [5.74, 6) is -0.501. The summed E-state index contributed by atoms with van der Waals surface area (Å²) in [6, 6.07) is 14.9. The Morgan fingerprint density at radius 3 is 1.80 bits per heavy atom. The van der Waals surface area contributed by atoms with Crippen molar-refractivity contribution in [2.45, 2.75) is 47.0 Å². The van der Waals surface area contributed by atoms with Crippen LogP contribution in [0.1, 0.15) is 43.9 Å². The summed E-state index contributed by atoms with van der Waals surface area (Å²) < 4.78 is 16.6. The fraction of sp³-hybridized carbons (Fsp3) is 0.206. The van der Waals surface area contributed by atoms with Gasteiger partial charge in [0.05, 0.1) is 0 Å². The van der Waals surface area contributed by atoms with Crippen LogP contribution in [-0.4, -0.2) is 17.9 Å². The topological polar surface area (TPSA) is 78.9 Å². The molecule has 0 aromatic heterocycles. The van der Waals surface area contributed by atoms with Gasteiger partial charge in [-0.05, 0) is 98.5 Å². The maximum Gasteiger partial charge on any atom is 0.338 e. The highest BCUT2D eigenvalue weighted by atomic mass is 16.5. The van der Waals surface area contributed by atoms with E-state index in [9.17, 15) is 14.4 Å². The van der Waals surface area contributed by atoms with Crippen molar-refractivity contribution in [2.75, 3.05) is 0 Å². The fourth-order valence-corrected chi connectivity index (χ4v) is 4.61. The minimum absolute atomic E-state index is 0.235. The van der Waals surface area contributed by atoms with Crippen molar-refractivity contribution in [1.29, 1.82) is 0 Å². The van der Waals surface area contributed by atoms with Crippen molar-refractivity contribution in [3.63, 3.8) is 0 Å². The number of esters is 3. The van der Waals surface area contributed by atoms with E-state index in [-0.39, 0.29) is 22.6 Å². The molecule has 0 N–H and O–H groups in total. The second-order valence-electron chi connectivity index (χ2n) is 10.1. The molecule has 6 nitrogen and oxygen atoms in total. The molecular weight excluding hydrogens is 504 g/mol. The SMILES string of the molecule is C=C(C)C(=O)Oc1ccc(-c2ccc(-c3ccc(OC(=O)C(=C)C)c4c3CCC4)cc2C)c(OC(=O)C(=C)C)c1. The molecule has 0 heterocycles. The van der Waals surface area contributed by atoms with Crippen molar-refractivity contribution in [3.05, 3.63) is 102 Å². The maximum absolute atomic E-state index is 12.4. The third-order valence-corrected chi connectivity index (χ3v) is 6.68. The predicted octanol–water partition coefficient (Wildman–Crippen LogP) is 7.26. The van der Waals surface area contributed by atoms with E-state index in [1.807, 2.05) is 31.2 Å². The number of benzene rings is 3. The van der Waals surface area contributed by atoms with E-state index in [1.54, 1.807) is 32.9 Å². The van der Waals surface area contributed by atoms with Crippen LogP contribution in [0.5, 0.6) is 17.2 Å². The number of hydrogen-bond acceptors (Lipinski definition) is 6. The Kier molecular flexibility index (Phi) is 8.19. The molecule has 0 bridgehead atoms. The highest BCUT2D eigenvalue weighted by Gasteiger charge is 2.23. The normalized spacial score (nSPS) is 11.8. The monoisotopic (exact) mass is 536 g/mol. The number of carbonyl (C=O) groups excluding carboxylic acids is 3. The largest absolute Gasteiger partial charge is 0.423 e. The van der Waals surface area contributed by atoms with E-state index >= 15 is 0 Å². The molecule has 3 aromatic rings. The zero-order valence-electron chi connectivity index (χ0n) is 23.3. The van der Waals surface area contributed by atoms with Gasteiger partial charge in [-0.25, -0.2) is 14.4 Å². The number of carbonyl (C=O) groups is 3. The van der Waals surface area contributed by atoms with Gasteiger partial charge in [-0.2, -0.15) is 0 Å². The first-order valence-corrected chi connectivity index (χ1v) is 13.0. The van der Waals surface area contributed by atoms with Gasteiger partial charge < -0.3 is 14.2 Å². The Labute approximate surface area is 234 Å². The van der Waals surface area contributed by atoms with Gasteiger partial charge in [0.1, 0.15) is 17.2 Å². The minimum atomic E-state index is -0.582. The molecule has 4 rings (SSSR count). The average Bonchev–Trinajstić information content (AvgIpc) is 3.39. The summed E-state index contributed by atoms with van der Waals surface area (Å²) in [4.78, 5) is 36.6. The molecule has 1 aliphatic carbocycles. The first kappa shape index (κ1) is 28.3. The number of hydrogen-bond donors (Lipinski definition) is 0. The molecular formula is C34H32O6. The second-order valence-corrected chi connectivity index (χ2v) is 10.1. The highest BCUT2D eigenvalue weighted by Crippen LogP contribution is 2.41. The molecule has 0 amide bonds. The summed E-state index contributed by atoms with van der Waals surface area (Å²) in [7, 11) is 0. The van der Waals surface area contributed by atoms with Crippen molar-refractivity contribution in [1.82, 2.24) is 0 Å². The molecule has 204 valence electrons. The van der Waals surface area contributed by atoms with Crippen molar-refractivity contribution < 1.29 is 28.6 Å². The van der Waals surface area contributed by atoms with E-state index in [0.29, 0.717) is 16.9 Å². The second kappa shape index (κ2) is 11.6. The van der Waals surface area contributed by atoms with Crippen LogP contribution < -0.4 is 14.2 Å². The predicted molar refractivity (Wildman–Crippen MR) is 155 cm³/mol. The first-order valence-electron chi connectivity index (χ1n) is 13.0. The van der Waals surface area contributed by atoms with Gasteiger partial charge in [-0.1, -0.05) is 44.0 Å². The summed E-state index contributed by atoms with van der Waals surface area (Å²) in [5, 5.41) is 0. The molecule has 0 radical (unpaired) electrons. The van der Waals surface area contributed by atoms with Gasteiger partial charge in [0.15, 0.2) is 0 Å². The summed E-state index contributed by atoms with van der Waals surface area (Å²) >= 11 is 0. The van der Waals surface area contributed by atoms with Crippen molar-refractivity contribution in [3.8, 4) is 39.5 Å². The molecule has 0 spiro atoms. The van der Waals surface area contributed by atoms with Crippen molar-refractivity contribution in [2.24, 2.45) is 0 Å². The first-order chi connectivity index (χ1) is 19.0. The number of ether oxygens (including phenoxy) is 3. The molecule has 0 saturated carbocycles. The third-order valence-electron chi connectivity index (χ3n) is 6.68. The molecule has 6 heteroatoms. The number of aryl methyl sites for hydroxylation is 1. The summed E-state index contributed by atoms with van der Waals surface area (Å²) in [6.45, 7) is 17.7. The zero-order chi connectivity index (χ0) is 29.1. The Bertz CT molecular complexity index is 1590. The molecule has 0 unspecified atom stereocenters. The molecule has 3 aromatic carbocycles. The van der Waals surface area contributed by atoms with Gasteiger partial charge in [-0.3, -0.25) is 0 Å². The van der Waals surface area contributed by atoms with Gasteiger partial charge in [0.25, 0.3) is 0 Å². The lowest BCUT2D eigenvalue weighted by Crippen LogP contribution is -2.11. The Hall–Kier alpha value is -4.71. The molecule has 40 heavy (non-hydrogen) atoms. The van der Waals surface area contributed by atoms with Crippen LogP contribution in [0, 0.1) is 6.92 Å². The standard InChI is InChI=1S/C34H32O6/c1-19(2)32(35)38-24-12-14-29(31(18-24)40-34(37)21(5)6)25-13-11-23(17-22(25)7)26-15-16-30(39-33(36)20(3)4)28-10-8-9-27(26)28/h11-18H,1,3,5,8-10H2,2,4,6-7H3. The van der Waals surface area contributed by atoms with Crippen molar-refractivity contribution >= 4 is 17.9 Å². The smallest absolute Gasteiger partial charge is 0.338 e. The lowest BCUT2D eigenvalue weighted by Gasteiger charge is -2.17. The quantitative estimate of drug-likeness (QED) is 0.171. The summed E-state index contributed by atoms with van der Waals surface area (Å²) in [6.07, 6.45) is 2.73. The van der Waals surface area contributed by atoms with Crippen LogP contribution in [0.25, 0.3) is 22.3 Å². The highest BCUT2D eigenvalue weighted by molar-refractivity contribution is 5.92. The summed E-state index contributed by atoms with van der Waals surface area (Å²) in [5.41, 5.74) is 7.70. The lowest BCUT2D eigenvalue weighted by atomic mass is 9.92. The Balaban J connectivity index is 1.72. The van der Waals surface area contributed by atoms with Crippen LogP contribution in [0.2, 0.25) is 0 Å². The lowest BCUT2D eigenvalue weighted by molar-refractivity contribution is -0.131. The maximum atomic E-state index is 12.4. The number of fused-ring (bicyclic) bond motifs is 1. The van der Waals surface area contributed by atoms with Gasteiger partial charge in [0, 0.05) is 28.3 Å². The average molecular weight is 537 g/mol. The van der Waals surface area contributed by atoms with E-state index in [4.69, 9.17) is 14.2 Å². The van der Waals surface area contributed by atoms with Crippen LogP contribution in [0.4, 0.5) is 0 Å². The number of rotatable bonds is 8. The van der Waals surface area contributed by atoms with Crippen LogP contribution in [-0.2, 0) is 27.2 Å². The minimum Gasteiger partial charge on any atom is -0.423 e.